The summed E-state index contributed by atoms with van der Waals surface area (Å²) >= 11 is 2.33. The molecule has 1 aromatic carbocycles. The van der Waals surface area contributed by atoms with Crippen LogP contribution in [0.4, 0.5) is 0 Å². The van der Waals surface area contributed by atoms with Crippen molar-refractivity contribution in [3.05, 3.63) is 45.9 Å². The lowest BCUT2D eigenvalue weighted by atomic mass is 10.2. The van der Waals surface area contributed by atoms with E-state index >= 15 is 0 Å². The van der Waals surface area contributed by atoms with Crippen LogP contribution in [0.1, 0.15) is 38.4 Å². The van der Waals surface area contributed by atoms with Gasteiger partial charge in [0, 0.05) is 15.2 Å². The zero-order chi connectivity index (χ0) is 14.8. The van der Waals surface area contributed by atoms with Crippen molar-refractivity contribution in [2.24, 2.45) is 0 Å². The molecule has 21 heavy (non-hydrogen) atoms. The van der Waals surface area contributed by atoms with E-state index in [1.54, 1.807) is 0 Å². The summed E-state index contributed by atoms with van der Waals surface area (Å²) in [7, 11) is 0. The minimum Gasteiger partial charge on any atom is -0.269 e. The standard InChI is InChI=1S/C16H19IN4/c1-3-15(4-2)20-8-7-14(19-20)11-21-16-9-13(17)6-5-12(16)10-18-21/h5-10,15H,3-4,11H2,1-2H3. The summed E-state index contributed by atoms with van der Waals surface area (Å²) in [5.74, 6) is 0. The van der Waals surface area contributed by atoms with Crippen LogP contribution in [-0.2, 0) is 6.54 Å². The summed E-state index contributed by atoms with van der Waals surface area (Å²) in [6, 6.07) is 8.98. The summed E-state index contributed by atoms with van der Waals surface area (Å²) in [4.78, 5) is 0. The molecule has 5 heteroatoms. The monoisotopic (exact) mass is 394 g/mol. The third-order valence-electron chi connectivity index (χ3n) is 3.90. The normalized spacial score (nSPS) is 11.6. The number of nitrogens with zero attached hydrogens (tertiary/aromatic N) is 4. The van der Waals surface area contributed by atoms with Crippen molar-refractivity contribution in [1.29, 1.82) is 0 Å². The molecule has 0 aliphatic carbocycles. The Morgan fingerprint density at radius 2 is 2.00 bits per heavy atom. The molecule has 0 unspecified atom stereocenters. The fourth-order valence-corrected chi connectivity index (χ4v) is 3.13. The molecule has 0 fully saturated rings. The molecule has 0 bridgehead atoms. The van der Waals surface area contributed by atoms with Gasteiger partial charge in [-0.1, -0.05) is 19.9 Å². The average Bonchev–Trinajstić information content (AvgIpc) is 3.09. The van der Waals surface area contributed by atoms with Crippen LogP contribution in [0.3, 0.4) is 0 Å². The quantitative estimate of drug-likeness (QED) is 0.607. The maximum absolute atomic E-state index is 4.71. The maximum Gasteiger partial charge on any atom is 0.0857 e. The van der Waals surface area contributed by atoms with Gasteiger partial charge in [-0.25, -0.2) is 0 Å². The molecule has 0 aliphatic heterocycles. The Kier molecular flexibility index (Phi) is 4.28. The maximum atomic E-state index is 4.71. The second-order valence-corrected chi connectivity index (χ2v) is 6.51. The van der Waals surface area contributed by atoms with Crippen LogP contribution in [0.2, 0.25) is 0 Å². The lowest BCUT2D eigenvalue weighted by Crippen LogP contribution is -2.09. The van der Waals surface area contributed by atoms with E-state index in [1.165, 1.54) is 14.5 Å². The molecule has 0 saturated carbocycles. The lowest BCUT2D eigenvalue weighted by Gasteiger charge is -2.12. The first-order valence-corrected chi connectivity index (χ1v) is 8.44. The molecule has 0 atom stereocenters. The minimum absolute atomic E-state index is 0.495. The molecule has 2 aromatic heterocycles. The van der Waals surface area contributed by atoms with Crippen molar-refractivity contribution < 1.29 is 0 Å². The van der Waals surface area contributed by atoms with Crippen molar-refractivity contribution in [3.63, 3.8) is 0 Å². The van der Waals surface area contributed by atoms with E-state index in [0.29, 0.717) is 6.04 Å². The van der Waals surface area contributed by atoms with Gasteiger partial charge in [-0.2, -0.15) is 10.2 Å². The van der Waals surface area contributed by atoms with Crippen molar-refractivity contribution in [2.45, 2.75) is 39.3 Å². The highest BCUT2D eigenvalue weighted by Gasteiger charge is 2.10. The third kappa shape index (κ3) is 2.97. The van der Waals surface area contributed by atoms with E-state index in [2.05, 4.69) is 76.7 Å². The van der Waals surface area contributed by atoms with Crippen LogP contribution >= 0.6 is 22.6 Å². The fraction of sp³-hybridized carbons (Fsp3) is 0.375. The van der Waals surface area contributed by atoms with Gasteiger partial charge in [-0.15, -0.1) is 0 Å². The first-order valence-electron chi connectivity index (χ1n) is 7.36. The van der Waals surface area contributed by atoms with Crippen LogP contribution in [0.15, 0.2) is 36.7 Å². The second kappa shape index (κ2) is 6.17. The summed E-state index contributed by atoms with van der Waals surface area (Å²) in [6.07, 6.45) is 6.23. The van der Waals surface area contributed by atoms with Crippen LogP contribution in [0.25, 0.3) is 10.9 Å². The number of halogens is 1. The van der Waals surface area contributed by atoms with E-state index < -0.39 is 0 Å². The number of rotatable bonds is 5. The molecule has 0 spiro atoms. The Hall–Kier alpha value is -1.37. The van der Waals surface area contributed by atoms with Crippen LogP contribution in [-0.4, -0.2) is 19.6 Å². The van der Waals surface area contributed by atoms with E-state index in [-0.39, 0.29) is 0 Å². The second-order valence-electron chi connectivity index (χ2n) is 5.26. The summed E-state index contributed by atoms with van der Waals surface area (Å²) in [5.41, 5.74) is 2.23. The van der Waals surface area contributed by atoms with Gasteiger partial charge in [0.25, 0.3) is 0 Å². The van der Waals surface area contributed by atoms with Crippen molar-refractivity contribution in [3.8, 4) is 0 Å². The van der Waals surface area contributed by atoms with Crippen molar-refractivity contribution in [2.75, 3.05) is 0 Å². The van der Waals surface area contributed by atoms with Gasteiger partial charge >= 0.3 is 0 Å². The van der Waals surface area contributed by atoms with Gasteiger partial charge in [0.1, 0.15) is 0 Å². The first kappa shape index (κ1) is 14.6. The Balaban J connectivity index is 1.87. The van der Waals surface area contributed by atoms with Gasteiger partial charge in [-0.3, -0.25) is 9.36 Å². The van der Waals surface area contributed by atoms with Crippen LogP contribution < -0.4 is 0 Å². The van der Waals surface area contributed by atoms with Crippen molar-refractivity contribution >= 4 is 33.5 Å². The molecular formula is C16H19IN4. The Morgan fingerprint density at radius 3 is 2.76 bits per heavy atom. The number of benzene rings is 1. The van der Waals surface area contributed by atoms with Gasteiger partial charge in [0.15, 0.2) is 0 Å². The van der Waals surface area contributed by atoms with E-state index in [0.717, 1.165) is 25.1 Å². The summed E-state index contributed by atoms with van der Waals surface area (Å²) < 4.78 is 5.34. The Labute approximate surface area is 138 Å². The fourth-order valence-electron chi connectivity index (χ4n) is 2.65. The molecule has 0 N–H and O–H groups in total. The summed E-state index contributed by atoms with van der Waals surface area (Å²) in [6.45, 7) is 5.13. The predicted molar refractivity (Wildman–Crippen MR) is 93.4 cm³/mol. The summed E-state index contributed by atoms with van der Waals surface area (Å²) in [5, 5.41) is 10.4. The molecule has 4 nitrogen and oxygen atoms in total. The third-order valence-corrected chi connectivity index (χ3v) is 4.57. The van der Waals surface area contributed by atoms with Crippen LogP contribution in [0.5, 0.6) is 0 Å². The molecule has 2 heterocycles. The SMILES string of the molecule is CCC(CC)n1ccc(Cn2ncc3ccc(I)cc32)n1. The van der Waals surface area contributed by atoms with Crippen molar-refractivity contribution in [1.82, 2.24) is 19.6 Å². The van der Waals surface area contributed by atoms with E-state index in [9.17, 15) is 0 Å². The number of hydrogen-bond acceptors (Lipinski definition) is 2. The van der Waals surface area contributed by atoms with Crippen LogP contribution in [0, 0.1) is 3.57 Å². The zero-order valence-corrected chi connectivity index (χ0v) is 14.5. The topological polar surface area (TPSA) is 35.6 Å². The highest BCUT2D eigenvalue weighted by molar-refractivity contribution is 14.1. The lowest BCUT2D eigenvalue weighted by molar-refractivity contribution is 0.424. The number of fused-ring (bicyclic) bond motifs is 1. The molecular weight excluding hydrogens is 375 g/mol. The molecule has 0 saturated heterocycles. The first-order chi connectivity index (χ1) is 10.2. The van der Waals surface area contributed by atoms with Gasteiger partial charge in [0.05, 0.1) is 30.0 Å². The van der Waals surface area contributed by atoms with E-state index in [1.807, 2.05) is 10.9 Å². The molecule has 0 amide bonds. The van der Waals surface area contributed by atoms with E-state index in [4.69, 9.17) is 5.10 Å². The Morgan fingerprint density at radius 1 is 1.19 bits per heavy atom. The largest absolute Gasteiger partial charge is 0.269 e. The molecule has 110 valence electrons. The zero-order valence-electron chi connectivity index (χ0n) is 12.3. The van der Waals surface area contributed by atoms with Gasteiger partial charge < -0.3 is 0 Å². The smallest absolute Gasteiger partial charge is 0.0857 e. The average molecular weight is 394 g/mol. The highest BCUT2D eigenvalue weighted by atomic mass is 127. The molecule has 3 rings (SSSR count). The number of hydrogen-bond donors (Lipinski definition) is 0. The molecule has 3 aromatic rings. The Bertz CT molecular complexity index is 740. The van der Waals surface area contributed by atoms with Gasteiger partial charge in [0.2, 0.25) is 0 Å². The van der Waals surface area contributed by atoms with Gasteiger partial charge in [-0.05, 0) is 53.6 Å². The number of aromatic nitrogens is 4. The highest BCUT2D eigenvalue weighted by Crippen LogP contribution is 2.19. The molecule has 0 aliphatic rings. The molecule has 0 radical (unpaired) electrons. The predicted octanol–water partition coefficient (Wildman–Crippen LogP) is 4.25. The minimum atomic E-state index is 0.495.